The second-order valence-electron chi connectivity index (χ2n) is 2.97. The molecule has 0 bridgehead atoms. The van der Waals surface area contributed by atoms with Gasteiger partial charge in [-0.05, 0) is 35.3 Å². The first-order chi connectivity index (χ1) is 6.86. The van der Waals surface area contributed by atoms with E-state index in [1.54, 1.807) is 6.92 Å². The Morgan fingerprint density at radius 3 is 2.13 bits per heavy atom. The van der Waals surface area contributed by atoms with Crippen LogP contribution >= 0.6 is 15.9 Å². The molecule has 80 valence electrons. The minimum atomic E-state index is -1.23. The first-order valence-corrected chi connectivity index (χ1v) is 4.78. The number of nitrogens with zero attached hydrogens (tertiary/aromatic N) is 1. The molecule has 0 fully saturated rings. The Morgan fingerprint density at radius 1 is 1.20 bits per heavy atom. The lowest BCUT2D eigenvalue weighted by atomic mass is 10.1. The summed E-state index contributed by atoms with van der Waals surface area (Å²) in [5.74, 6) is -2.40. The largest absolute Gasteiger partial charge is 0.478 e. The topological polar surface area (TPSA) is 87.5 Å². The van der Waals surface area contributed by atoms with Crippen LogP contribution in [0.5, 0.6) is 0 Å². The van der Waals surface area contributed by atoms with Crippen molar-refractivity contribution in [2.45, 2.75) is 13.8 Å². The molecule has 0 spiro atoms. The molecule has 0 saturated carbocycles. The van der Waals surface area contributed by atoms with Crippen LogP contribution in [0.2, 0.25) is 0 Å². The molecule has 0 amide bonds. The van der Waals surface area contributed by atoms with Crippen LogP contribution in [0.15, 0.2) is 4.47 Å². The molecule has 0 atom stereocenters. The monoisotopic (exact) mass is 273 g/mol. The Hall–Kier alpha value is -1.43. The van der Waals surface area contributed by atoms with Gasteiger partial charge in [-0.3, -0.25) is 0 Å². The number of pyridine rings is 1. The predicted octanol–water partition coefficient (Wildman–Crippen LogP) is 1.86. The van der Waals surface area contributed by atoms with E-state index in [0.717, 1.165) is 0 Å². The number of carbonyl (C=O) groups is 2. The van der Waals surface area contributed by atoms with Crippen molar-refractivity contribution >= 4 is 27.9 Å². The lowest BCUT2D eigenvalue weighted by molar-refractivity contribution is 0.0689. The van der Waals surface area contributed by atoms with E-state index in [1.165, 1.54) is 6.92 Å². The van der Waals surface area contributed by atoms with Gasteiger partial charge in [0.25, 0.3) is 0 Å². The van der Waals surface area contributed by atoms with E-state index in [2.05, 4.69) is 20.9 Å². The fourth-order valence-corrected chi connectivity index (χ4v) is 1.78. The van der Waals surface area contributed by atoms with Gasteiger partial charge in [0.15, 0.2) is 5.69 Å². The molecule has 2 N–H and O–H groups in total. The van der Waals surface area contributed by atoms with Crippen LogP contribution in [0.4, 0.5) is 0 Å². The van der Waals surface area contributed by atoms with Crippen LogP contribution in [-0.4, -0.2) is 27.1 Å². The van der Waals surface area contributed by atoms with Gasteiger partial charge in [-0.25, -0.2) is 14.6 Å². The lowest BCUT2D eigenvalue weighted by Gasteiger charge is -2.09. The predicted molar refractivity (Wildman–Crippen MR) is 55.3 cm³/mol. The SMILES string of the molecule is Cc1nc(C(=O)O)c(C)c(C(=O)O)c1Br. The lowest BCUT2D eigenvalue weighted by Crippen LogP contribution is -2.12. The average molecular weight is 274 g/mol. The van der Waals surface area contributed by atoms with Crippen molar-refractivity contribution < 1.29 is 19.8 Å². The first kappa shape index (κ1) is 11.6. The van der Waals surface area contributed by atoms with E-state index >= 15 is 0 Å². The van der Waals surface area contributed by atoms with Gasteiger partial charge in [-0.15, -0.1) is 0 Å². The number of aromatic nitrogens is 1. The third kappa shape index (κ3) is 1.99. The molecule has 1 rings (SSSR count). The minimum Gasteiger partial charge on any atom is -0.478 e. The zero-order valence-electron chi connectivity index (χ0n) is 8.04. The Labute approximate surface area is 93.9 Å². The summed E-state index contributed by atoms with van der Waals surface area (Å²) in [7, 11) is 0. The number of carboxylic acid groups (broad SMARTS) is 2. The summed E-state index contributed by atoms with van der Waals surface area (Å²) in [4.78, 5) is 25.5. The van der Waals surface area contributed by atoms with Gasteiger partial charge in [0.05, 0.1) is 15.7 Å². The van der Waals surface area contributed by atoms with Crippen LogP contribution in [0.25, 0.3) is 0 Å². The standard InChI is InChI=1S/C9H8BrNO4/c1-3-5(8(12)13)6(10)4(2)11-7(3)9(14)15/h1-2H3,(H,12,13)(H,14,15). The van der Waals surface area contributed by atoms with Crippen molar-refractivity contribution in [3.05, 3.63) is 27.0 Å². The van der Waals surface area contributed by atoms with Crippen molar-refractivity contribution in [3.8, 4) is 0 Å². The highest BCUT2D eigenvalue weighted by molar-refractivity contribution is 9.10. The molecule has 0 aliphatic carbocycles. The average Bonchev–Trinajstić information content (AvgIpc) is 2.10. The molecule has 0 aliphatic heterocycles. The van der Waals surface area contributed by atoms with E-state index < -0.39 is 11.9 Å². The maximum Gasteiger partial charge on any atom is 0.354 e. The molecule has 0 saturated heterocycles. The highest BCUT2D eigenvalue weighted by Gasteiger charge is 2.21. The van der Waals surface area contributed by atoms with Crippen molar-refractivity contribution in [1.29, 1.82) is 0 Å². The Bertz CT molecular complexity index is 456. The van der Waals surface area contributed by atoms with Gasteiger partial charge >= 0.3 is 11.9 Å². The minimum absolute atomic E-state index is 0.0556. The van der Waals surface area contributed by atoms with E-state index in [0.29, 0.717) is 10.2 Å². The summed E-state index contributed by atoms with van der Waals surface area (Å²) in [6.45, 7) is 2.96. The number of halogens is 1. The zero-order valence-corrected chi connectivity index (χ0v) is 9.62. The van der Waals surface area contributed by atoms with Crippen LogP contribution in [0.1, 0.15) is 32.1 Å². The summed E-state index contributed by atoms with van der Waals surface area (Å²) in [6.07, 6.45) is 0. The fourth-order valence-electron chi connectivity index (χ4n) is 1.23. The summed E-state index contributed by atoms with van der Waals surface area (Å²) in [5.41, 5.74) is 0.205. The molecule has 1 aromatic rings. The zero-order chi connectivity index (χ0) is 11.7. The number of hydrogen-bond donors (Lipinski definition) is 2. The molecule has 0 aromatic carbocycles. The Kier molecular flexibility index (Phi) is 3.09. The summed E-state index contributed by atoms with van der Waals surface area (Å²) in [6, 6.07) is 0. The van der Waals surface area contributed by atoms with Crippen LogP contribution < -0.4 is 0 Å². The Balaban J connectivity index is 3.63. The third-order valence-electron chi connectivity index (χ3n) is 1.96. The van der Waals surface area contributed by atoms with Crippen LogP contribution in [0.3, 0.4) is 0 Å². The van der Waals surface area contributed by atoms with Gasteiger partial charge in [0.2, 0.25) is 0 Å². The van der Waals surface area contributed by atoms with Crippen molar-refractivity contribution in [2.24, 2.45) is 0 Å². The molecular formula is C9H8BrNO4. The smallest absolute Gasteiger partial charge is 0.354 e. The molecule has 1 aromatic heterocycles. The third-order valence-corrected chi connectivity index (χ3v) is 2.93. The highest BCUT2D eigenvalue weighted by Crippen LogP contribution is 2.25. The van der Waals surface area contributed by atoms with Crippen molar-refractivity contribution in [2.75, 3.05) is 0 Å². The molecule has 0 radical (unpaired) electrons. The first-order valence-electron chi connectivity index (χ1n) is 3.99. The normalized spacial score (nSPS) is 10.1. The summed E-state index contributed by atoms with van der Waals surface area (Å²) < 4.78 is 0.317. The van der Waals surface area contributed by atoms with Crippen molar-refractivity contribution in [1.82, 2.24) is 4.98 Å². The summed E-state index contributed by atoms with van der Waals surface area (Å²) >= 11 is 3.08. The van der Waals surface area contributed by atoms with Gasteiger partial charge in [0.1, 0.15) is 0 Å². The number of carboxylic acids is 2. The molecule has 6 heteroatoms. The van der Waals surface area contributed by atoms with E-state index in [9.17, 15) is 9.59 Å². The molecule has 0 unspecified atom stereocenters. The van der Waals surface area contributed by atoms with Gasteiger partial charge in [0, 0.05) is 0 Å². The van der Waals surface area contributed by atoms with Gasteiger partial charge < -0.3 is 10.2 Å². The van der Waals surface area contributed by atoms with Crippen molar-refractivity contribution in [3.63, 3.8) is 0 Å². The van der Waals surface area contributed by atoms with E-state index in [-0.39, 0.29) is 16.8 Å². The Morgan fingerprint density at radius 2 is 1.73 bits per heavy atom. The number of rotatable bonds is 2. The van der Waals surface area contributed by atoms with Crippen LogP contribution in [0, 0.1) is 13.8 Å². The number of aryl methyl sites for hydroxylation is 1. The molecular weight excluding hydrogens is 266 g/mol. The fraction of sp³-hybridized carbons (Fsp3) is 0.222. The van der Waals surface area contributed by atoms with E-state index in [4.69, 9.17) is 10.2 Å². The van der Waals surface area contributed by atoms with E-state index in [1.807, 2.05) is 0 Å². The van der Waals surface area contributed by atoms with Gasteiger partial charge in [-0.1, -0.05) is 0 Å². The maximum absolute atomic E-state index is 10.9. The van der Waals surface area contributed by atoms with Crippen LogP contribution in [-0.2, 0) is 0 Å². The number of aromatic carboxylic acids is 2. The molecule has 1 heterocycles. The maximum atomic E-state index is 10.9. The van der Waals surface area contributed by atoms with Gasteiger partial charge in [-0.2, -0.15) is 0 Å². The molecule has 0 aliphatic rings. The summed E-state index contributed by atoms with van der Waals surface area (Å²) in [5, 5.41) is 17.7. The molecule has 15 heavy (non-hydrogen) atoms. The second kappa shape index (κ2) is 3.98. The molecule has 5 nitrogen and oxygen atoms in total. The quantitative estimate of drug-likeness (QED) is 0.859. The highest BCUT2D eigenvalue weighted by atomic mass is 79.9. The second-order valence-corrected chi connectivity index (χ2v) is 3.76. The number of hydrogen-bond acceptors (Lipinski definition) is 3.